The monoisotopic (exact) mass is 265 g/mol. The molecule has 0 bridgehead atoms. The van der Waals surface area contributed by atoms with Crippen LogP contribution >= 0.6 is 11.3 Å². The van der Waals surface area contributed by atoms with Gasteiger partial charge >= 0.3 is 5.97 Å². The number of esters is 1. The van der Waals surface area contributed by atoms with E-state index in [0.29, 0.717) is 17.4 Å². The van der Waals surface area contributed by atoms with E-state index in [9.17, 15) is 4.79 Å². The fourth-order valence-electron chi connectivity index (χ4n) is 0.764. The molecule has 0 spiro atoms. The fourth-order valence-corrected chi connectivity index (χ4v) is 1.33. The van der Waals surface area contributed by atoms with Gasteiger partial charge in [0.05, 0.1) is 18.7 Å². The van der Waals surface area contributed by atoms with E-state index in [0.717, 1.165) is 0 Å². The lowest BCUT2D eigenvalue weighted by atomic mass is 10.3. The van der Waals surface area contributed by atoms with E-state index in [2.05, 4.69) is 4.98 Å². The average Bonchev–Trinajstić information content (AvgIpc) is 2.36. The van der Waals surface area contributed by atoms with Gasteiger partial charge in [-0.15, -0.1) is 11.3 Å². The van der Waals surface area contributed by atoms with Crippen molar-refractivity contribution < 1.29 is 26.5 Å². The van der Waals surface area contributed by atoms with Gasteiger partial charge in [0.15, 0.2) is 5.13 Å². The molecular formula is C7H10BrN2O2S-. The number of anilines is 1. The Bertz CT molecular complexity index is 277. The molecule has 74 valence electrons. The third-order valence-electron chi connectivity index (χ3n) is 1.20. The predicted molar refractivity (Wildman–Crippen MR) is 46.9 cm³/mol. The molecule has 0 aliphatic carbocycles. The van der Waals surface area contributed by atoms with Crippen LogP contribution in [0.1, 0.15) is 12.6 Å². The van der Waals surface area contributed by atoms with Crippen LogP contribution in [0.2, 0.25) is 0 Å². The zero-order valence-corrected chi connectivity index (χ0v) is 9.52. The van der Waals surface area contributed by atoms with Crippen molar-refractivity contribution >= 4 is 22.4 Å². The molecule has 0 radical (unpaired) electrons. The summed E-state index contributed by atoms with van der Waals surface area (Å²) >= 11 is 1.32. The van der Waals surface area contributed by atoms with Gasteiger partial charge in [0.2, 0.25) is 0 Å². The molecule has 6 heteroatoms. The third-order valence-corrected chi connectivity index (χ3v) is 1.92. The van der Waals surface area contributed by atoms with E-state index in [1.807, 2.05) is 0 Å². The SMILES string of the molecule is CCOC(=O)Cc1csc(N)n1.[Br-]. The zero-order valence-electron chi connectivity index (χ0n) is 7.12. The van der Waals surface area contributed by atoms with Crippen LogP contribution in [0.4, 0.5) is 5.13 Å². The molecule has 0 unspecified atom stereocenters. The van der Waals surface area contributed by atoms with Crippen molar-refractivity contribution in [2.24, 2.45) is 0 Å². The maximum Gasteiger partial charge on any atom is 0.311 e. The van der Waals surface area contributed by atoms with E-state index in [1.54, 1.807) is 12.3 Å². The summed E-state index contributed by atoms with van der Waals surface area (Å²) in [5.41, 5.74) is 6.06. The second-order valence-corrected chi connectivity index (χ2v) is 3.05. The van der Waals surface area contributed by atoms with Crippen molar-refractivity contribution in [2.75, 3.05) is 12.3 Å². The Balaban J connectivity index is 0.00000144. The molecule has 1 aromatic rings. The minimum Gasteiger partial charge on any atom is -1.00 e. The third kappa shape index (κ3) is 4.23. The second kappa shape index (κ2) is 5.93. The standard InChI is InChI=1S/C7H10N2O2S.BrH/c1-2-11-6(10)3-5-4-12-7(8)9-5;/h4H,2-3H2,1H3,(H2,8,9);1H/p-1. The van der Waals surface area contributed by atoms with Crippen molar-refractivity contribution in [1.29, 1.82) is 0 Å². The number of carbonyl (C=O) groups is 1. The van der Waals surface area contributed by atoms with Crippen LogP contribution in [0.15, 0.2) is 5.38 Å². The number of carbonyl (C=O) groups excluding carboxylic acids is 1. The Kier molecular flexibility index (Phi) is 5.65. The predicted octanol–water partition coefficient (Wildman–Crippen LogP) is -2.17. The van der Waals surface area contributed by atoms with Gasteiger partial charge in [-0.05, 0) is 6.92 Å². The number of hydrogen-bond acceptors (Lipinski definition) is 5. The van der Waals surface area contributed by atoms with Gasteiger partial charge in [-0.1, -0.05) is 0 Å². The van der Waals surface area contributed by atoms with Crippen molar-refractivity contribution in [2.45, 2.75) is 13.3 Å². The van der Waals surface area contributed by atoms with Gasteiger partial charge in [-0.2, -0.15) is 0 Å². The number of aromatic nitrogens is 1. The van der Waals surface area contributed by atoms with Crippen LogP contribution in [0.3, 0.4) is 0 Å². The summed E-state index contributed by atoms with van der Waals surface area (Å²) in [5.74, 6) is -0.261. The minimum absolute atomic E-state index is 0. The molecule has 13 heavy (non-hydrogen) atoms. The van der Waals surface area contributed by atoms with Gasteiger partial charge in [0.25, 0.3) is 0 Å². The summed E-state index contributed by atoms with van der Waals surface area (Å²) in [6.07, 6.45) is 0.210. The topological polar surface area (TPSA) is 65.2 Å². The largest absolute Gasteiger partial charge is 1.00 e. The van der Waals surface area contributed by atoms with Crippen LogP contribution in [-0.4, -0.2) is 17.6 Å². The molecule has 0 atom stereocenters. The van der Waals surface area contributed by atoms with Crippen molar-refractivity contribution in [3.8, 4) is 0 Å². The maximum atomic E-state index is 10.9. The summed E-state index contributed by atoms with van der Waals surface area (Å²) in [6.45, 7) is 2.17. The molecule has 0 aromatic carbocycles. The van der Waals surface area contributed by atoms with Gasteiger partial charge in [0.1, 0.15) is 0 Å². The first kappa shape index (κ1) is 12.4. The Morgan fingerprint density at radius 2 is 2.46 bits per heavy atom. The lowest BCUT2D eigenvalue weighted by Crippen LogP contribution is -3.00. The highest BCUT2D eigenvalue weighted by atomic mass is 79.9. The van der Waals surface area contributed by atoms with Gasteiger partial charge in [0, 0.05) is 5.38 Å². The highest BCUT2D eigenvalue weighted by Crippen LogP contribution is 2.11. The van der Waals surface area contributed by atoms with E-state index in [1.165, 1.54) is 11.3 Å². The Labute approximate surface area is 90.9 Å². The number of thiazole rings is 1. The number of nitrogen functional groups attached to an aromatic ring is 1. The second-order valence-electron chi connectivity index (χ2n) is 2.16. The van der Waals surface area contributed by atoms with E-state index in [-0.39, 0.29) is 29.4 Å². The molecule has 2 N–H and O–H groups in total. The summed E-state index contributed by atoms with van der Waals surface area (Å²) in [7, 11) is 0. The number of hydrogen-bond donors (Lipinski definition) is 1. The first-order valence-corrected chi connectivity index (χ1v) is 4.46. The Morgan fingerprint density at radius 3 is 2.92 bits per heavy atom. The molecule has 0 aliphatic heterocycles. The van der Waals surface area contributed by atoms with Crippen LogP contribution in [0.25, 0.3) is 0 Å². The number of nitrogens with zero attached hydrogens (tertiary/aromatic N) is 1. The number of ether oxygens (including phenoxy) is 1. The quantitative estimate of drug-likeness (QED) is 0.633. The van der Waals surface area contributed by atoms with Crippen LogP contribution in [0, 0.1) is 0 Å². The maximum absolute atomic E-state index is 10.9. The van der Waals surface area contributed by atoms with E-state index >= 15 is 0 Å². The highest BCUT2D eigenvalue weighted by Gasteiger charge is 2.06. The summed E-state index contributed by atoms with van der Waals surface area (Å²) in [5, 5.41) is 2.24. The fraction of sp³-hybridized carbons (Fsp3) is 0.429. The number of halogens is 1. The Hall–Kier alpha value is -0.620. The summed E-state index contributed by atoms with van der Waals surface area (Å²) in [4.78, 5) is 14.9. The van der Waals surface area contributed by atoms with Gasteiger partial charge in [-0.3, -0.25) is 4.79 Å². The Morgan fingerprint density at radius 1 is 1.77 bits per heavy atom. The lowest BCUT2D eigenvalue weighted by Gasteiger charge is -1.97. The first-order chi connectivity index (χ1) is 5.72. The van der Waals surface area contributed by atoms with Crippen LogP contribution in [0.5, 0.6) is 0 Å². The number of nitrogens with two attached hydrogens (primary N) is 1. The lowest BCUT2D eigenvalue weighted by molar-refractivity contribution is -0.142. The molecular weight excluding hydrogens is 256 g/mol. The molecule has 0 saturated heterocycles. The molecule has 4 nitrogen and oxygen atoms in total. The molecule has 0 amide bonds. The van der Waals surface area contributed by atoms with Crippen molar-refractivity contribution in [1.82, 2.24) is 4.98 Å². The number of rotatable bonds is 3. The molecule has 1 aromatic heterocycles. The molecule has 0 aliphatic rings. The minimum atomic E-state index is -0.261. The zero-order chi connectivity index (χ0) is 8.97. The molecule has 0 fully saturated rings. The van der Waals surface area contributed by atoms with Crippen LogP contribution < -0.4 is 22.7 Å². The van der Waals surface area contributed by atoms with Crippen molar-refractivity contribution in [3.05, 3.63) is 11.1 Å². The molecule has 0 saturated carbocycles. The van der Waals surface area contributed by atoms with Crippen LogP contribution in [-0.2, 0) is 16.0 Å². The summed E-state index contributed by atoms with van der Waals surface area (Å²) < 4.78 is 4.74. The van der Waals surface area contributed by atoms with E-state index in [4.69, 9.17) is 10.5 Å². The highest BCUT2D eigenvalue weighted by molar-refractivity contribution is 7.13. The smallest absolute Gasteiger partial charge is 0.311 e. The first-order valence-electron chi connectivity index (χ1n) is 3.58. The molecule has 1 heterocycles. The average molecular weight is 266 g/mol. The van der Waals surface area contributed by atoms with E-state index < -0.39 is 0 Å². The van der Waals surface area contributed by atoms with Crippen molar-refractivity contribution in [3.63, 3.8) is 0 Å². The normalized spacial score (nSPS) is 9.00. The molecule has 1 rings (SSSR count). The van der Waals surface area contributed by atoms with Gasteiger partial charge < -0.3 is 27.5 Å². The summed E-state index contributed by atoms with van der Waals surface area (Å²) in [6, 6.07) is 0. The van der Waals surface area contributed by atoms with Gasteiger partial charge in [-0.25, -0.2) is 4.98 Å².